The predicted molar refractivity (Wildman–Crippen MR) is 159 cm³/mol. The molecule has 1 aromatic heterocycles. The highest BCUT2D eigenvalue weighted by Gasteiger charge is 2.32. The fraction of sp³-hybridized carbons (Fsp3) is 0.138. The maximum absolute atomic E-state index is 13.9. The minimum absolute atomic E-state index is 0.0896. The third-order valence-electron chi connectivity index (χ3n) is 6.38. The van der Waals surface area contributed by atoms with Crippen molar-refractivity contribution in [3.05, 3.63) is 123 Å². The lowest BCUT2D eigenvalue weighted by Crippen LogP contribution is -2.40. The third kappa shape index (κ3) is 5.56. The number of para-hydroxylation sites is 1. The molecule has 0 spiro atoms. The number of non-ortho nitro benzene ring substituents is 1. The number of anilines is 1. The van der Waals surface area contributed by atoms with Crippen molar-refractivity contribution in [2.75, 3.05) is 11.9 Å². The smallest absolute Gasteiger partial charge is 0.271 e. The van der Waals surface area contributed by atoms with Crippen LogP contribution in [-0.4, -0.2) is 27.1 Å². The summed E-state index contributed by atoms with van der Waals surface area (Å²) in [6.45, 7) is 4.07. The number of nitrogens with zero attached hydrogens (tertiary/aromatic N) is 3. The number of carbonyl (C=O) groups is 1. The number of allylic oxidation sites excluding steroid dienone is 1. The lowest BCUT2D eigenvalue weighted by Gasteiger charge is -2.25. The van der Waals surface area contributed by atoms with Gasteiger partial charge in [-0.3, -0.25) is 24.3 Å². The Labute approximate surface area is 245 Å². The molecular weight excluding hydrogens is 612 g/mol. The Kier molecular flexibility index (Phi) is 7.86. The number of nitro groups is 1. The van der Waals surface area contributed by atoms with Crippen LogP contribution in [0.25, 0.3) is 6.08 Å². The quantitative estimate of drug-likeness (QED) is 0.224. The highest BCUT2D eigenvalue weighted by Crippen LogP contribution is 2.34. The highest BCUT2D eigenvalue weighted by molar-refractivity contribution is 9.10. The number of nitrogens with one attached hydrogen (secondary N) is 1. The van der Waals surface area contributed by atoms with Gasteiger partial charge in [0.05, 0.1) is 37.8 Å². The minimum atomic E-state index is -0.821. The van der Waals surface area contributed by atoms with Crippen LogP contribution in [0.3, 0.4) is 0 Å². The minimum Gasteiger partial charge on any atom is -0.506 e. The first-order chi connectivity index (χ1) is 19.7. The number of phenols is 1. The third-order valence-corrected chi connectivity index (χ3v) is 7.97. The van der Waals surface area contributed by atoms with E-state index >= 15 is 0 Å². The molecule has 4 aromatic rings. The number of hydrogen-bond acceptors (Lipinski definition) is 8. The van der Waals surface area contributed by atoms with E-state index < -0.39 is 22.4 Å². The summed E-state index contributed by atoms with van der Waals surface area (Å²) in [6, 6.07) is 17.7. The average molecular weight is 635 g/mol. The number of thiazole rings is 1. The molecule has 41 heavy (non-hydrogen) atoms. The number of aromatic nitrogens is 1. The number of ether oxygens (including phenoxy) is 1. The van der Waals surface area contributed by atoms with E-state index in [9.17, 15) is 24.8 Å². The molecule has 0 fully saturated rings. The molecule has 1 aliphatic rings. The molecule has 1 amide bonds. The largest absolute Gasteiger partial charge is 0.506 e. The molecule has 0 aliphatic carbocycles. The second-order valence-corrected chi connectivity index (χ2v) is 10.9. The summed E-state index contributed by atoms with van der Waals surface area (Å²) >= 11 is 4.19. The average Bonchev–Trinajstić information content (AvgIpc) is 3.25. The van der Waals surface area contributed by atoms with Gasteiger partial charge in [0.25, 0.3) is 17.2 Å². The van der Waals surface area contributed by atoms with Crippen molar-refractivity contribution in [3.8, 4) is 11.5 Å². The van der Waals surface area contributed by atoms with E-state index in [4.69, 9.17) is 4.74 Å². The first-order valence-electron chi connectivity index (χ1n) is 12.5. The molecule has 208 valence electrons. The van der Waals surface area contributed by atoms with Crippen molar-refractivity contribution >= 4 is 50.6 Å². The van der Waals surface area contributed by atoms with Gasteiger partial charge in [0.15, 0.2) is 4.80 Å². The van der Waals surface area contributed by atoms with Crippen LogP contribution in [-0.2, 0) is 4.79 Å². The van der Waals surface area contributed by atoms with Crippen LogP contribution in [0.2, 0.25) is 0 Å². The second kappa shape index (κ2) is 11.5. The molecule has 1 aliphatic heterocycles. The summed E-state index contributed by atoms with van der Waals surface area (Å²) in [7, 11) is 0. The number of hydrogen-bond donors (Lipinski definition) is 2. The summed E-state index contributed by atoms with van der Waals surface area (Å²) in [5.41, 5.74) is 1.35. The number of rotatable bonds is 7. The van der Waals surface area contributed by atoms with E-state index in [-0.39, 0.29) is 31.6 Å². The summed E-state index contributed by atoms with van der Waals surface area (Å²) in [6.07, 6.45) is 1.38. The van der Waals surface area contributed by atoms with E-state index in [1.165, 1.54) is 22.8 Å². The zero-order chi connectivity index (χ0) is 29.3. The Balaban J connectivity index is 1.69. The first kappa shape index (κ1) is 28.0. The molecule has 2 N–H and O–H groups in total. The van der Waals surface area contributed by atoms with Gasteiger partial charge in [0, 0.05) is 23.4 Å². The topological polar surface area (TPSA) is 136 Å². The lowest BCUT2D eigenvalue weighted by molar-refractivity contribution is -0.385. The molecule has 0 saturated heterocycles. The molecule has 0 bridgehead atoms. The van der Waals surface area contributed by atoms with Crippen LogP contribution < -0.4 is 24.9 Å². The van der Waals surface area contributed by atoms with Crippen molar-refractivity contribution in [1.82, 2.24) is 4.57 Å². The van der Waals surface area contributed by atoms with Crippen molar-refractivity contribution in [2.45, 2.75) is 19.9 Å². The van der Waals surface area contributed by atoms with E-state index in [0.29, 0.717) is 34.1 Å². The fourth-order valence-corrected chi connectivity index (χ4v) is 6.02. The Morgan fingerprint density at radius 1 is 1.22 bits per heavy atom. The van der Waals surface area contributed by atoms with Gasteiger partial charge in [-0.2, -0.15) is 0 Å². The van der Waals surface area contributed by atoms with Gasteiger partial charge >= 0.3 is 0 Å². The van der Waals surface area contributed by atoms with Crippen LogP contribution in [0.1, 0.15) is 31.0 Å². The number of benzene rings is 3. The number of fused-ring (bicyclic) bond motifs is 1. The molecule has 10 nitrogen and oxygen atoms in total. The number of carbonyl (C=O) groups excluding carboxylic acids is 1. The van der Waals surface area contributed by atoms with Crippen LogP contribution >= 0.6 is 27.3 Å². The van der Waals surface area contributed by atoms with Crippen molar-refractivity contribution in [3.63, 3.8) is 0 Å². The Morgan fingerprint density at radius 2 is 1.93 bits per heavy atom. The molecule has 3 aromatic carbocycles. The van der Waals surface area contributed by atoms with E-state index in [2.05, 4.69) is 26.2 Å². The van der Waals surface area contributed by atoms with Gasteiger partial charge in [-0.1, -0.05) is 41.7 Å². The maximum Gasteiger partial charge on any atom is 0.271 e. The molecule has 0 unspecified atom stereocenters. The second-order valence-electron chi connectivity index (χ2n) is 9.03. The number of phenolic OH excluding ortho intramolecular Hbond substituents is 1. The van der Waals surface area contributed by atoms with Crippen molar-refractivity contribution < 1.29 is 19.6 Å². The summed E-state index contributed by atoms with van der Waals surface area (Å²) in [5, 5.41) is 24.8. The number of amides is 1. The first-order valence-corrected chi connectivity index (χ1v) is 14.1. The number of aromatic hydroxyl groups is 1. The lowest BCUT2D eigenvalue weighted by atomic mass is 9.95. The van der Waals surface area contributed by atoms with Gasteiger partial charge in [0.1, 0.15) is 11.5 Å². The van der Waals surface area contributed by atoms with Gasteiger partial charge in [-0.25, -0.2) is 4.99 Å². The standard InChI is InChI=1S/C29H23BrN4O6S/c1-3-40-21-11-9-17(10-12-21)25-24(27(36)32-19-7-5-4-6-8-19)16(2)31-29-33(25)28(37)23(41-29)14-18-13-20(34(38)39)15-22(30)26(18)35/h4-15,25,35H,3H2,1-2H3,(H,32,36)/b23-14-/t25-/m0/s1. The van der Waals surface area contributed by atoms with Gasteiger partial charge in [-0.05, 0) is 65.7 Å². The molecule has 5 rings (SSSR count). The number of nitro benzene ring substituents is 1. The zero-order valence-corrected chi connectivity index (χ0v) is 24.2. The molecule has 0 saturated carbocycles. The molecule has 2 heterocycles. The normalized spacial score (nSPS) is 14.8. The van der Waals surface area contributed by atoms with Crippen LogP contribution in [0.4, 0.5) is 11.4 Å². The Bertz CT molecular complexity index is 1880. The summed E-state index contributed by atoms with van der Waals surface area (Å²) in [4.78, 5) is 43.3. The monoisotopic (exact) mass is 634 g/mol. The summed E-state index contributed by atoms with van der Waals surface area (Å²) < 4.78 is 7.31. The van der Waals surface area contributed by atoms with E-state index in [1.54, 1.807) is 55.5 Å². The predicted octanol–water partition coefficient (Wildman–Crippen LogP) is 4.65. The number of halogens is 1. The van der Waals surface area contributed by atoms with Crippen molar-refractivity contribution in [1.29, 1.82) is 0 Å². The highest BCUT2D eigenvalue weighted by atomic mass is 79.9. The van der Waals surface area contributed by atoms with Crippen LogP contribution in [0.15, 0.2) is 92.3 Å². The molecule has 12 heteroatoms. The Morgan fingerprint density at radius 3 is 2.59 bits per heavy atom. The van der Waals surface area contributed by atoms with Crippen molar-refractivity contribution in [2.24, 2.45) is 4.99 Å². The zero-order valence-electron chi connectivity index (χ0n) is 21.8. The SMILES string of the molecule is CCOc1ccc([C@H]2C(C(=O)Nc3ccccc3)=C(C)N=c3s/c(=C\c4cc([N+](=O)[O-])cc(Br)c4O)c(=O)n32)cc1. The van der Waals surface area contributed by atoms with Crippen LogP contribution in [0.5, 0.6) is 11.5 Å². The molecular formula is C29H23BrN4O6S. The molecule has 1 atom stereocenters. The van der Waals surface area contributed by atoms with E-state index in [0.717, 1.165) is 11.3 Å². The van der Waals surface area contributed by atoms with Gasteiger partial charge in [-0.15, -0.1) is 0 Å². The maximum atomic E-state index is 13.9. The van der Waals surface area contributed by atoms with Gasteiger partial charge < -0.3 is 15.2 Å². The van der Waals surface area contributed by atoms with Crippen LogP contribution in [0, 0.1) is 10.1 Å². The van der Waals surface area contributed by atoms with E-state index in [1.807, 2.05) is 13.0 Å². The summed E-state index contributed by atoms with van der Waals surface area (Å²) in [5.74, 6) is -0.0131. The molecule has 0 radical (unpaired) electrons. The van der Waals surface area contributed by atoms with Gasteiger partial charge in [0.2, 0.25) is 0 Å². The Hall–Kier alpha value is -4.55. The fourth-order valence-electron chi connectivity index (χ4n) is 4.52.